The summed E-state index contributed by atoms with van der Waals surface area (Å²) in [7, 11) is 1.46. The van der Waals surface area contributed by atoms with Crippen molar-refractivity contribution < 1.29 is 37.4 Å². The third-order valence-electron chi connectivity index (χ3n) is 5.88. The monoisotopic (exact) mass is 575 g/mol. The summed E-state index contributed by atoms with van der Waals surface area (Å²) in [5, 5.41) is 14.5. The summed E-state index contributed by atoms with van der Waals surface area (Å²) in [5.41, 5.74) is 3.18. The van der Waals surface area contributed by atoms with Gasteiger partial charge in [-0.05, 0) is 23.8 Å². The van der Waals surface area contributed by atoms with E-state index in [1.807, 2.05) is 47.2 Å². The summed E-state index contributed by atoms with van der Waals surface area (Å²) < 4.78 is 49.4. The number of oxime groups is 1. The Balaban J connectivity index is 1.39. The third kappa shape index (κ3) is 7.30. The van der Waals surface area contributed by atoms with Gasteiger partial charge in [-0.3, -0.25) is 0 Å². The molecule has 0 saturated carbocycles. The van der Waals surface area contributed by atoms with Crippen molar-refractivity contribution in [3.05, 3.63) is 94.8 Å². The number of pyridine rings is 1. The maximum Gasteiger partial charge on any atom is 0.411 e. The second kappa shape index (κ2) is 12.8. The Kier molecular flexibility index (Phi) is 9.28. The van der Waals surface area contributed by atoms with Gasteiger partial charge < -0.3 is 24.0 Å². The number of halogens is 4. The van der Waals surface area contributed by atoms with Gasteiger partial charge in [-0.15, -0.1) is 0 Å². The fourth-order valence-corrected chi connectivity index (χ4v) is 4.29. The molecule has 0 saturated heterocycles. The van der Waals surface area contributed by atoms with Crippen molar-refractivity contribution in [2.45, 2.75) is 25.2 Å². The van der Waals surface area contributed by atoms with E-state index in [0.717, 1.165) is 10.9 Å². The van der Waals surface area contributed by atoms with Gasteiger partial charge in [-0.2, -0.15) is 13.2 Å². The van der Waals surface area contributed by atoms with Crippen LogP contribution in [0.1, 0.15) is 16.7 Å². The molecule has 0 aliphatic rings. The van der Waals surface area contributed by atoms with E-state index in [1.165, 1.54) is 7.11 Å². The second-order valence-electron chi connectivity index (χ2n) is 8.67. The molecular formula is C28H25ClF3N3O5. The van der Waals surface area contributed by atoms with Crippen molar-refractivity contribution >= 4 is 34.3 Å². The number of rotatable bonds is 12. The maximum atomic E-state index is 12.4. The van der Waals surface area contributed by atoms with Crippen LogP contribution in [0.3, 0.4) is 0 Å². The predicted molar refractivity (Wildman–Crippen MR) is 143 cm³/mol. The van der Waals surface area contributed by atoms with Crippen molar-refractivity contribution in [1.29, 1.82) is 0 Å². The van der Waals surface area contributed by atoms with Crippen LogP contribution in [0.25, 0.3) is 11.0 Å². The van der Waals surface area contributed by atoms with Crippen LogP contribution >= 0.6 is 11.6 Å². The number of carboxylic acid groups (broad SMARTS) is 1. The number of alkyl halides is 3. The molecule has 2 aromatic heterocycles. The van der Waals surface area contributed by atoms with Gasteiger partial charge in [-0.1, -0.05) is 59.2 Å². The van der Waals surface area contributed by atoms with Gasteiger partial charge in [0, 0.05) is 35.3 Å². The first-order valence-electron chi connectivity index (χ1n) is 12.1. The number of carbonyl (C=O) groups is 1. The minimum atomic E-state index is -4.61. The number of carboxylic acids is 1. The summed E-state index contributed by atoms with van der Waals surface area (Å²) in [4.78, 5) is 20.9. The molecule has 1 atom stereocenters. The van der Waals surface area contributed by atoms with Crippen molar-refractivity contribution in [1.82, 2.24) is 9.55 Å². The highest BCUT2D eigenvalue weighted by Gasteiger charge is 2.31. The molecule has 1 N–H and O–H groups in total. The highest BCUT2D eigenvalue weighted by molar-refractivity contribution is 6.39. The van der Waals surface area contributed by atoms with E-state index in [4.69, 9.17) is 26.3 Å². The number of fused-ring (bicyclic) bond motifs is 1. The topological polar surface area (TPSA) is 95.2 Å². The fourth-order valence-electron chi connectivity index (χ4n) is 4.01. The van der Waals surface area contributed by atoms with Gasteiger partial charge >= 0.3 is 12.1 Å². The van der Waals surface area contributed by atoms with Crippen LogP contribution in [0.4, 0.5) is 13.2 Å². The molecule has 0 aliphatic carbocycles. The van der Waals surface area contributed by atoms with Crippen molar-refractivity contribution in [2.24, 2.45) is 5.16 Å². The lowest BCUT2D eigenvalue weighted by atomic mass is 10.0. The molecule has 0 bridgehead atoms. The molecule has 8 nitrogen and oxygen atoms in total. The highest BCUT2D eigenvalue weighted by Crippen LogP contribution is 2.29. The van der Waals surface area contributed by atoms with Crippen LogP contribution in [0.15, 0.2) is 78.2 Å². The van der Waals surface area contributed by atoms with Crippen molar-refractivity contribution in [2.75, 3.05) is 20.3 Å². The standard InChI is InChI=1S/C28H25ClF3N3O5/c1-38-34-25(19-5-3-2-4-6-19)22-16-33-26-21(24(22)29)11-12-35(26)13-14-39-20-9-7-18(8-10-20)15-23(27(36)37)40-17-28(30,31)32/h2-12,16,23H,13-15,17H2,1H3,(H,36,37). The smallest absolute Gasteiger partial charge is 0.411 e. The molecule has 4 rings (SSSR count). The van der Waals surface area contributed by atoms with Gasteiger partial charge in [-0.25, -0.2) is 9.78 Å². The molecule has 12 heteroatoms. The molecule has 2 heterocycles. The van der Waals surface area contributed by atoms with Gasteiger partial charge in [0.25, 0.3) is 0 Å². The predicted octanol–water partition coefficient (Wildman–Crippen LogP) is 5.74. The second-order valence-corrected chi connectivity index (χ2v) is 9.05. The average Bonchev–Trinajstić information content (AvgIpc) is 3.34. The summed E-state index contributed by atoms with van der Waals surface area (Å²) in [5.74, 6) is -0.952. The van der Waals surface area contributed by atoms with E-state index >= 15 is 0 Å². The van der Waals surface area contributed by atoms with Crippen LogP contribution in [0.2, 0.25) is 5.02 Å². The molecule has 40 heavy (non-hydrogen) atoms. The molecule has 0 fully saturated rings. The third-order valence-corrected chi connectivity index (χ3v) is 6.28. The van der Waals surface area contributed by atoms with E-state index in [0.29, 0.717) is 39.8 Å². The highest BCUT2D eigenvalue weighted by atomic mass is 35.5. The normalized spacial score (nSPS) is 12.9. The Bertz CT molecular complexity index is 1470. The molecule has 210 valence electrons. The molecule has 0 spiro atoms. The number of hydrogen-bond acceptors (Lipinski definition) is 6. The lowest BCUT2D eigenvalue weighted by molar-refractivity contribution is -0.192. The van der Waals surface area contributed by atoms with Crippen LogP contribution < -0.4 is 4.74 Å². The molecular weight excluding hydrogens is 551 g/mol. The molecule has 0 amide bonds. The van der Waals surface area contributed by atoms with Gasteiger partial charge in [0.05, 0.1) is 11.6 Å². The van der Waals surface area contributed by atoms with Crippen molar-refractivity contribution in [3.8, 4) is 5.75 Å². The summed E-state index contributed by atoms with van der Waals surface area (Å²) in [6.07, 6.45) is -2.93. The summed E-state index contributed by atoms with van der Waals surface area (Å²) in [6, 6.07) is 17.8. The Morgan fingerprint density at radius 1 is 1.12 bits per heavy atom. The number of ether oxygens (including phenoxy) is 2. The first-order chi connectivity index (χ1) is 19.2. The van der Waals surface area contributed by atoms with Crippen LogP contribution in [-0.4, -0.2) is 58.9 Å². The zero-order valence-corrected chi connectivity index (χ0v) is 22.0. The molecule has 0 aliphatic heterocycles. The number of aliphatic carboxylic acids is 1. The van der Waals surface area contributed by atoms with Crippen LogP contribution in [-0.2, 0) is 27.3 Å². The SMILES string of the molecule is CON=C(c1ccccc1)c1cnc2c(ccn2CCOc2ccc(CC(OCC(F)(F)F)C(=O)O)cc2)c1Cl. The largest absolute Gasteiger partial charge is 0.492 e. The van der Waals surface area contributed by atoms with E-state index < -0.39 is 24.9 Å². The molecule has 1 unspecified atom stereocenters. The van der Waals surface area contributed by atoms with Crippen molar-refractivity contribution in [3.63, 3.8) is 0 Å². The minimum Gasteiger partial charge on any atom is -0.492 e. The van der Waals surface area contributed by atoms with E-state index in [9.17, 15) is 18.0 Å². The number of aromatic nitrogens is 2. The number of hydrogen-bond donors (Lipinski definition) is 1. The van der Waals surface area contributed by atoms with Gasteiger partial charge in [0.15, 0.2) is 6.10 Å². The molecule has 0 radical (unpaired) electrons. The zero-order chi connectivity index (χ0) is 28.7. The Hall–Kier alpha value is -4.09. The molecule has 4 aromatic rings. The first kappa shape index (κ1) is 28.9. The number of benzene rings is 2. The fraction of sp³-hybridized carbons (Fsp3) is 0.250. The Morgan fingerprint density at radius 3 is 2.50 bits per heavy atom. The summed E-state index contributed by atoms with van der Waals surface area (Å²) >= 11 is 6.76. The minimum absolute atomic E-state index is 0.212. The number of nitrogens with zero attached hydrogens (tertiary/aromatic N) is 3. The zero-order valence-electron chi connectivity index (χ0n) is 21.3. The summed E-state index contributed by atoms with van der Waals surface area (Å²) in [6.45, 7) is -0.884. The lowest BCUT2D eigenvalue weighted by Gasteiger charge is -2.15. The van der Waals surface area contributed by atoms with Crippen LogP contribution in [0, 0.1) is 0 Å². The van der Waals surface area contributed by atoms with E-state index in [-0.39, 0.29) is 13.0 Å². The maximum absolute atomic E-state index is 12.4. The van der Waals surface area contributed by atoms with Gasteiger partial charge in [0.2, 0.25) is 0 Å². The van der Waals surface area contributed by atoms with E-state index in [1.54, 1.807) is 30.5 Å². The van der Waals surface area contributed by atoms with Gasteiger partial charge in [0.1, 0.15) is 37.4 Å². The lowest BCUT2D eigenvalue weighted by Crippen LogP contribution is -2.31. The Morgan fingerprint density at radius 2 is 1.85 bits per heavy atom. The van der Waals surface area contributed by atoms with E-state index in [2.05, 4.69) is 14.9 Å². The average molecular weight is 576 g/mol. The Labute approximate surface area is 232 Å². The van der Waals surface area contributed by atoms with Crippen LogP contribution in [0.5, 0.6) is 5.75 Å². The molecule has 2 aromatic carbocycles. The quantitative estimate of drug-likeness (QED) is 0.171. The first-order valence-corrected chi connectivity index (χ1v) is 12.5.